The van der Waals surface area contributed by atoms with Gasteiger partial charge >= 0.3 is 66.6 Å². The number of rotatable bonds is 0. The van der Waals surface area contributed by atoms with Crippen molar-refractivity contribution in [2.45, 2.75) is 7.43 Å². The molecule has 14 heteroatoms. The number of phosphoric acid groups is 1. The Hall–Kier alpha value is 2.62. The molecular formula is CH11Fe2LiNaO8PS. The molecule has 0 aliphatic heterocycles. The minimum absolute atomic E-state index is 0. The van der Waals surface area contributed by atoms with Gasteiger partial charge in [0.2, 0.25) is 0 Å². The van der Waals surface area contributed by atoms with Crippen LogP contribution in [0, 0.1) is 0 Å². The smallest absolute Gasteiger partial charge is 1.00 e. The van der Waals surface area contributed by atoms with Crippen LogP contribution in [-0.4, -0.2) is 32.2 Å². The van der Waals surface area contributed by atoms with Crippen LogP contribution in [0.3, 0.4) is 0 Å². The summed E-state index contributed by atoms with van der Waals surface area (Å²) < 4.78 is 40.5. The van der Waals surface area contributed by atoms with Crippen LogP contribution in [0.25, 0.3) is 0 Å². The van der Waals surface area contributed by atoms with Crippen molar-refractivity contribution in [3.63, 3.8) is 0 Å². The average molecular weight is 356 g/mol. The van der Waals surface area contributed by atoms with E-state index in [1.807, 2.05) is 0 Å². The first-order chi connectivity index (χ1) is 4.00. The van der Waals surface area contributed by atoms with Gasteiger partial charge in [-0.3, -0.25) is 9.11 Å². The first-order valence-electron chi connectivity index (χ1n) is 1.48. The van der Waals surface area contributed by atoms with E-state index in [0.717, 1.165) is 0 Å². The second kappa shape index (κ2) is 19.0. The molecule has 0 saturated heterocycles. The summed E-state index contributed by atoms with van der Waals surface area (Å²) in [6, 6.07) is 0. The zero-order valence-electron chi connectivity index (χ0n) is 9.02. The first-order valence-corrected chi connectivity index (χ1v) is 4.44. The molecule has 5 N–H and O–H groups in total. The molecule has 0 aliphatic carbocycles. The molecule has 0 aliphatic rings. The molecule has 0 saturated carbocycles. The van der Waals surface area contributed by atoms with Gasteiger partial charge in [0.25, 0.3) is 0 Å². The summed E-state index contributed by atoms with van der Waals surface area (Å²) >= 11 is 0. The van der Waals surface area contributed by atoms with Crippen LogP contribution in [-0.2, 0) is 49.1 Å². The predicted octanol–water partition coefficient (Wildman–Crippen LogP) is -6.72. The minimum atomic E-state index is -4.67. The van der Waals surface area contributed by atoms with Crippen LogP contribution in [0.1, 0.15) is 10.3 Å². The van der Waals surface area contributed by atoms with Crippen molar-refractivity contribution in [2.75, 3.05) is 0 Å². The van der Waals surface area contributed by atoms with Crippen molar-refractivity contribution in [1.29, 1.82) is 0 Å². The second-order valence-electron chi connectivity index (χ2n) is 0.961. The van der Waals surface area contributed by atoms with Crippen LogP contribution in [0.5, 0.6) is 0 Å². The third-order valence-corrected chi connectivity index (χ3v) is 0. The molecule has 0 rings (SSSR count). The van der Waals surface area contributed by atoms with Crippen LogP contribution >= 0.6 is 7.82 Å². The molecule has 0 atom stereocenters. The summed E-state index contributed by atoms with van der Waals surface area (Å²) in [5.74, 6) is 0. The van der Waals surface area contributed by atoms with E-state index in [0.29, 0.717) is 0 Å². The van der Waals surface area contributed by atoms with Crippen LogP contribution in [0.4, 0.5) is 0 Å². The van der Waals surface area contributed by atoms with Crippen molar-refractivity contribution in [1.82, 2.24) is 0 Å². The summed E-state index contributed by atoms with van der Waals surface area (Å²) in [5, 5.41) is 0. The van der Waals surface area contributed by atoms with E-state index < -0.39 is 18.2 Å². The molecule has 0 amide bonds. The molecule has 0 unspecified atom stereocenters. The summed E-state index contributed by atoms with van der Waals surface area (Å²) in [6.07, 6.45) is 0. The zero-order valence-corrected chi connectivity index (χ0v) is 12.9. The Morgan fingerprint density at radius 3 is 1.00 bits per heavy atom. The molecule has 0 fully saturated rings. The van der Waals surface area contributed by atoms with Crippen LogP contribution in [0.15, 0.2) is 0 Å². The summed E-state index contributed by atoms with van der Waals surface area (Å²) in [4.78, 5) is 21.6. The van der Waals surface area contributed by atoms with Gasteiger partial charge in [-0.05, 0) is 0 Å². The van der Waals surface area contributed by atoms with E-state index >= 15 is 0 Å². The van der Waals surface area contributed by atoms with Gasteiger partial charge in [0, 0.05) is 34.1 Å². The normalized spacial score (nSPS) is 7.80. The Balaban J connectivity index is -0.00000000762. The fourth-order valence-corrected chi connectivity index (χ4v) is 0. The third-order valence-electron chi connectivity index (χ3n) is 0. The molecule has 0 aromatic heterocycles. The van der Waals surface area contributed by atoms with E-state index in [2.05, 4.69) is 0 Å². The molecular weight excluding hydrogens is 345 g/mol. The van der Waals surface area contributed by atoms with Crippen molar-refractivity contribution in [3.8, 4) is 0 Å². The SMILES string of the molecule is C.O=P(O)(O)O.O=S(=O)(O)O.[Fe].[Fe].[H-].[H-].[Li+].[Na+]. The Bertz CT molecular complexity index is 219. The Kier molecular flexibility index (Phi) is 54.6. The number of hydrogen-bond acceptors (Lipinski definition) is 3. The van der Waals surface area contributed by atoms with Gasteiger partial charge in [-0.2, -0.15) is 8.42 Å². The first kappa shape index (κ1) is 43.2. The van der Waals surface area contributed by atoms with Crippen LogP contribution < -0.4 is 48.4 Å². The summed E-state index contributed by atoms with van der Waals surface area (Å²) in [5.41, 5.74) is 0. The maximum Gasteiger partial charge on any atom is 1.00 e. The van der Waals surface area contributed by atoms with E-state index in [1.54, 1.807) is 0 Å². The molecule has 8 nitrogen and oxygen atoms in total. The maximum absolute atomic E-state index is 8.88. The topological polar surface area (TPSA) is 152 Å². The van der Waals surface area contributed by atoms with E-state index in [4.69, 9.17) is 36.8 Å². The Morgan fingerprint density at radius 2 is 1.00 bits per heavy atom. The van der Waals surface area contributed by atoms with Crippen molar-refractivity contribution in [3.05, 3.63) is 0 Å². The summed E-state index contributed by atoms with van der Waals surface area (Å²) in [7, 11) is -9.31. The van der Waals surface area contributed by atoms with Gasteiger partial charge in [0.15, 0.2) is 0 Å². The molecule has 92 valence electrons. The largest absolute Gasteiger partial charge is 1.00 e. The third kappa shape index (κ3) is 519. The van der Waals surface area contributed by atoms with E-state index in [1.165, 1.54) is 0 Å². The van der Waals surface area contributed by atoms with Gasteiger partial charge < -0.3 is 17.5 Å². The van der Waals surface area contributed by atoms with E-state index in [9.17, 15) is 0 Å². The molecule has 15 heavy (non-hydrogen) atoms. The molecule has 0 aromatic rings. The fourth-order valence-electron chi connectivity index (χ4n) is 0. The Morgan fingerprint density at radius 1 is 1.00 bits per heavy atom. The van der Waals surface area contributed by atoms with Gasteiger partial charge in [0.05, 0.1) is 0 Å². The van der Waals surface area contributed by atoms with Crippen LogP contribution in [0.2, 0.25) is 0 Å². The molecule has 0 aromatic carbocycles. The molecule has 0 bridgehead atoms. The van der Waals surface area contributed by atoms with Crippen molar-refractivity contribution < 1.29 is 122 Å². The van der Waals surface area contributed by atoms with E-state index in [-0.39, 0.29) is 92.8 Å². The fraction of sp³-hybridized carbons (Fsp3) is 1.00. The summed E-state index contributed by atoms with van der Waals surface area (Å²) in [6.45, 7) is 0. The van der Waals surface area contributed by atoms with Crippen molar-refractivity contribution >= 4 is 18.2 Å². The van der Waals surface area contributed by atoms with Gasteiger partial charge in [-0.1, -0.05) is 7.43 Å². The average Bonchev–Trinajstić information content (AvgIpc) is 1.12. The molecule has 0 spiro atoms. The minimum Gasteiger partial charge on any atom is -1.00 e. The monoisotopic (exact) mass is 356 g/mol. The number of hydrogen-bond donors (Lipinski definition) is 5. The standard InChI is InChI=1S/CH4.2Fe.Li.Na.H3O4P.H2O4S.2H/c;;;;;2*1-5(2,3)4;;/h1H4;;;;;(H3,1,2,3,4);(H2,1,2,3,4);;/q;;;2*+1;;;2*-1. The van der Waals surface area contributed by atoms with Gasteiger partial charge in [-0.25, -0.2) is 4.57 Å². The quantitative estimate of drug-likeness (QED) is 0.163. The predicted molar refractivity (Wildman–Crippen MR) is 37.4 cm³/mol. The molecule has 0 heterocycles. The van der Waals surface area contributed by atoms with Gasteiger partial charge in [0.1, 0.15) is 0 Å². The Labute approximate surface area is 146 Å². The van der Waals surface area contributed by atoms with Gasteiger partial charge in [-0.15, -0.1) is 0 Å². The van der Waals surface area contributed by atoms with Crippen molar-refractivity contribution in [2.24, 2.45) is 0 Å². The second-order valence-corrected chi connectivity index (χ2v) is 2.88. The zero-order chi connectivity index (χ0) is 9.00. The molecule has 0 radical (unpaired) electrons. The maximum atomic E-state index is 8.88.